The van der Waals surface area contributed by atoms with Gasteiger partial charge in [0.2, 0.25) is 11.5 Å². The molecule has 1 aromatic rings. The Morgan fingerprint density at radius 2 is 2.19 bits per heavy atom. The number of aliphatic carboxylic acids is 1. The summed E-state index contributed by atoms with van der Waals surface area (Å²) in [5, 5.41) is 14.3. The van der Waals surface area contributed by atoms with Gasteiger partial charge in [-0.15, -0.1) is 23.4 Å². The van der Waals surface area contributed by atoms with Crippen molar-refractivity contribution in [2.24, 2.45) is 5.16 Å². The van der Waals surface area contributed by atoms with Gasteiger partial charge in [0.05, 0.1) is 12.1 Å². The first kappa shape index (κ1) is 23.9. The number of fused-ring (bicyclic) bond motifs is 1. The molecule has 3 heterocycles. The zero-order valence-electron chi connectivity index (χ0n) is 16.4. The van der Waals surface area contributed by atoms with Gasteiger partial charge in [-0.2, -0.15) is 0 Å². The lowest BCUT2D eigenvalue weighted by atomic mass is 10.0. The quantitative estimate of drug-likeness (QED) is 0.162. The summed E-state index contributed by atoms with van der Waals surface area (Å²) in [5.41, 5.74) is -0.440. The first-order valence-corrected chi connectivity index (χ1v) is 11.5. The third-order valence-electron chi connectivity index (χ3n) is 4.42. The van der Waals surface area contributed by atoms with Gasteiger partial charge < -0.3 is 19.7 Å². The molecule has 11 nitrogen and oxygen atoms in total. The highest BCUT2D eigenvalue weighted by Gasteiger charge is 2.54. The van der Waals surface area contributed by atoms with Crippen LogP contribution in [0.2, 0.25) is 0 Å². The van der Waals surface area contributed by atoms with Crippen LogP contribution in [0.5, 0.6) is 0 Å². The number of carboxylic acids is 1. The van der Waals surface area contributed by atoms with Gasteiger partial charge in [-0.05, 0) is 17.7 Å². The maximum atomic E-state index is 12.7. The fourth-order valence-electron chi connectivity index (χ4n) is 3.00. The molecule has 32 heavy (non-hydrogen) atoms. The normalized spacial score (nSPS) is 20.4. The number of carbonyl (C=O) groups excluding carboxylic acids is 4. The predicted molar refractivity (Wildman–Crippen MR) is 115 cm³/mol. The van der Waals surface area contributed by atoms with Gasteiger partial charge in [0.15, 0.2) is 5.76 Å². The highest BCUT2D eigenvalue weighted by Crippen LogP contribution is 2.41. The number of carboxylic acid groups (broad SMARTS) is 1. The fraction of sp³-hybridized carbons (Fsp3) is 0.333. The molecule has 2 N–H and O–H groups in total. The van der Waals surface area contributed by atoms with Crippen LogP contribution in [0.4, 0.5) is 0 Å². The molecule has 0 spiro atoms. The number of hydrogen-bond donors (Lipinski definition) is 2. The molecule has 0 saturated carbocycles. The van der Waals surface area contributed by atoms with Crippen LogP contribution in [-0.4, -0.2) is 80.3 Å². The molecule has 0 radical (unpaired) electrons. The number of rotatable bonds is 9. The van der Waals surface area contributed by atoms with Crippen LogP contribution in [0.25, 0.3) is 0 Å². The van der Waals surface area contributed by atoms with Crippen LogP contribution in [0.15, 0.2) is 39.2 Å². The summed E-state index contributed by atoms with van der Waals surface area (Å²) in [7, 11) is 1.14. The Morgan fingerprint density at radius 3 is 2.78 bits per heavy atom. The summed E-state index contributed by atoms with van der Waals surface area (Å²) in [6, 6.07) is 1.99. The number of oxime groups is 1. The van der Waals surface area contributed by atoms with E-state index in [-0.39, 0.29) is 28.1 Å². The van der Waals surface area contributed by atoms with Gasteiger partial charge in [-0.25, -0.2) is 4.79 Å². The van der Waals surface area contributed by atoms with E-state index in [2.05, 4.69) is 15.3 Å². The van der Waals surface area contributed by atoms with E-state index in [9.17, 15) is 29.1 Å². The first-order chi connectivity index (χ1) is 15.3. The predicted octanol–water partition coefficient (Wildman–Crippen LogP) is 0.702. The van der Waals surface area contributed by atoms with Crippen molar-refractivity contribution >= 4 is 69.5 Å². The third-order valence-corrected chi connectivity index (χ3v) is 6.96. The number of furan rings is 1. The summed E-state index contributed by atoms with van der Waals surface area (Å²) >= 11 is 7.54. The molecule has 2 amide bonds. The highest BCUT2D eigenvalue weighted by molar-refractivity contribution is 8.14. The van der Waals surface area contributed by atoms with Crippen molar-refractivity contribution in [1.29, 1.82) is 0 Å². The van der Waals surface area contributed by atoms with Gasteiger partial charge in [-0.3, -0.25) is 24.1 Å². The minimum absolute atomic E-state index is 0.0521. The molecular weight excluding hydrogens is 486 g/mol. The molecule has 170 valence electrons. The van der Waals surface area contributed by atoms with Crippen molar-refractivity contribution in [3.8, 4) is 0 Å². The second-order valence-electron chi connectivity index (χ2n) is 6.35. The minimum Gasteiger partial charge on any atom is -0.477 e. The molecule has 2 atom stereocenters. The van der Waals surface area contributed by atoms with Crippen LogP contribution < -0.4 is 5.32 Å². The lowest BCUT2D eigenvalue weighted by Crippen LogP contribution is -2.71. The lowest BCUT2D eigenvalue weighted by Gasteiger charge is -2.49. The van der Waals surface area contributed by atoms with Crippen LogP contribution in [0.1, 0.15) is 10.6 Å². The average Bonchev–Trinajstić information content (AvgIpc) is 3.33. The van der Waals surface area contributed by atoms with Crippen LogP contribution in [0.3, 0.4) is 0 Å². The number of Topliss-reactive ketones (excluding diaryl/α,β-unsaturated/α-hetero) is 1. The minimum atomic E-state index is -1.33. The van der Waals surface area contributed by atoms with Crippen molar-refractivity contribution in [2.45, 2.75) is 11.4 Å². The summed E-state index contributed by atoms with van der Waals surface area (Å²) in [6.45, 7) is 0. The second kappa shape index (κ2) is 10.2. The zero-order valence-corrected chi connectivity index (χ0v) is 18.8. The van der Waals surface area contributed by atoms with Crippen LogP contribution >= 0.6 is 35.1 Å². The van der Waals surface area contributed by atoms with Gasteiger partial charge in [0.25, 0.3) is 16.9 Å². The monoisotopic (exact) mass is 501 g/mol. The molecule has 2 aliphatic heterocycles. The topological polar surface area (TPSA) is 156 Å². The molecule has 1 unspecified atom stereocenters. The van der Waals surface area contributed by atoms with E-state index in [0.29, 0.717) is 5.57 Å². The van der Waals surface area contributed by atoms with Crippen molar-refractivity contribution in [1.82, 2.24) is 10.2 Å². The van der Waals surface area contributed by atoms with Crippen LogP contribution in [-0.2, 0) is 24.0 Å². The van der Waals surface area contributed by atoms with E-state index in [0.717, 1.165) is 23.8 Å². The van der Waals surface area contributed by atoms with Crippen molar-refractivity contribution in [3.63, 3.8) is 0 Å². The Morgan fingerprint density at radius 1 is 1.44 bits per heavy atom. The second-order valence-corrected chi connectivity index (χ2v) is 8.67. The lowest BCUT2D eigenvalue weighted by molar-refractivity contribution is -0.150. The standard InChI is InChI=1S/C18H16ClN3O8S2/c1-29-21-11(9(23)5-19)14(24)20-12-15(25)22-13(17(26)27)8(6-31-16(12)22)7-32-18(28)10-3-2-4-30-10/h2-4,12,16H,5-7H2,1H3,(H,20,24)(H,26,27)/b21-11-/t12-,16?/m1/s1. The number of ketones is 1. The molecule has 0 aromatic carbocycles. The maximum Gasteiger partial charge on any atom is 0.352 e. The number of β-lactam (4-membered cyclic amide) rings is 1. The summed E-state index contributed by atoms with van der Waals surface area (Å²) < 4.78 is 5.02. The zero-order chi connectivity index (χ0) is 23.4. The molecule has 3 rings (SSSR count). The van der Waals surface area contributed by atoms with E-state index in [1.807, 2.05) is 0 Å². The van der Waals surface area contributed by atoms with Crippen molar-refractivity contribution in [2.75, 3.05) is 24.5 Å². The van der Waals surface area contributed by atoms with Gasteiger partial charge in [-0.1, -0.05) is 16.9 Å². The van der Waals surface area contributed by atoms with Crippen molar-refractivity contribution < 1.29 is 38.3 Å². The van der Waals surface area contributed by atoms with Gasteiger partial charge in [0.1, 0.15) is 24.2 Å². The number of alkyl halides is 1. The largest absolute Gasteiger partial charge is 0.477 e. The SMILES string of the molecule is CO/N=C(/C(=O)CCl)C(=O)N[C@@H]1C(=O)N2C(C(=O)O)=C(CSC(=O)c3ccco3)CSC12. The summed E-state index contributed by atoms with van der Waals surface area (Å²) in [4.78, 5) is 66.3. The number of nitrogens with zero attached hydrogens (tertiary/aromatic N) is 2. The van der Waals surface area contributed by atoms with E-state index in [1.165, 1.54) is 24.1 Å². The van der Waals surface area contributed by atoms with Crippen molar-refractivity contribution in [3.05, 3.63) is 35.4 Å². The number of nitrogens with one attached hydrogen (secondary N) is 1. The smallest absolute Gasteiger partial charge is 0.352 e. The average molecular weight is 502 g/mol. The third kappa shape index (κ3) is 4.69. The number of thioether (sulfide) groups is 2. The molecule has 14 heteroatoms. The Labute approximate surface area is 194 Å². The molecular formula is C18H16ClN3O8S2. The number of amides is 2. The van der Waals surface area contributed by atoms with Crippen LogP contribution in [0, 0.1) is 0 Å². The van der Waals surface area contributed by atoms with Gasteiger partial charge in [0, 0.05) is 11.5 Å². The Balaban J connectivity index is 1.73. The molecule has 1 aromatic heterocycles. The molecule has 0 aliphatic carbocycles. The summed E-state index contributed by atoms with van der Waals surface area (Å²) in [5.74, 6) is -3.84. The van der Waals surface area contributed by atoms with E-state index in [4.69, 9.17) is 16.0 Å². The highest BCUT2D eigenvalue weighted by atomic mass is 35.5. The number of carbonyl (C=O) groups is 5. The first-order valence-electron chi connectivity index (χ1n) is 8.92. The Hall–Kier alpha value is -2.77. The molecule has 2 aliphatic rings. The van der Waals surface area contributed by atoms with E-state index < -0.39 is 46.6 Å². The molecule has 1 saturated heterocycles. The van der Waals surface area contributed by atoms with E-state index >= 15 is 0 Å². The summed E-state index contributed by atoms with van der Waals surface area (Å²) in [6.07, 6.45) is 1.35. The number of halogens is 1. The Bertz CT molecular complexity index is 1020. The number of hydrogen-bond acceptors (Lipinski definition) is 10. The fourth-order valence-corrected chi connectivity index (χ4v) is 5.40. The Kier molecular flexibility index (Phi) is 7.64. The molecule has 0 bridgehead atoms. The van der Waals surface area contributed by atoms with E-state index in [1.54, 1.807) is 6.07 Å². The van der Waals surface area contributed by atoms with Gasteiger partial charge >= 0.3 is 5.97 Å². The maximum absolute atomic E-state index is 12.7. The molecule has 1 fully saturated rings.